The van der Waals surface area contributed by atoms with E-state index in [0.717, 1.165) is 6.20 Å². The first-order valence-electron chi connectivity index (χ1n) is 6.61. The van der Waals surface area contributed by atoms with Gasteiger partial charge in [-0.15, -0.1) is 0 Å². The Labute approximate surface area is 160 Å². The zero-order valence-corrected chi connectivity index (χ0v) is 16.1. The fourth-order valence-electron chi connectivity index (χ4n) is 1.81. The molecule has 11 heteroatoms. The standard InChI is InChI=1S/C14H14BrClN2O6S/c1-23-11-12(24-2)18-10(6-17-11)13(19,14(20,21)22)25-9-4-3-7(16)5-8(9)15/h3-6,19-22H,1-2H3. The predicted octanol–water partition coefficient (Wildman–Crippen LogP) is 1.48. The van der Waals surface area contributed by atoms with Gasteiger partial charge in [0, 0.05) is 14.4 Å². The lowest BCUT2D eigenvalue weighted by Crippen LogP contribution is -2.50. The van der Waals surface area contributed by atoms with E-state index in [-0.39, 0.29) is 17.5 Å². The van der Waals surface area contributed by atoms with Crippen LogP contribution in [0, 0.1) is 0 Å². The quantitative estimate of drug-likeness (QED) is 0.380. The second kappa shape index (κ2) is 7.62. The highest BCUT2D eigenvalue weighted by Gasteiger charge is 2.52. The van der Waals surface area contributed by atoms with E-state index in [9.17, 15) is 20.4 Å². The molecule has 25 heavy (non-hydrogen) atoms. The van der Waals surface area contributed by atoms with Crippen molar-refractivity contribution in [3.05, 3.63) is 39.6 Å². The van der Waals surface area contributed by atoms with Crippen LogP contribution >= 0.6 is 39.3 Å². The van der Waals surface area contributed by atoms with Crippen molar-refractivity contribution in [2.75, 3.05) is 14.2 Å². The van der Waals surface area contributed by atoms with Gasteiger partial charge in [0.05, 0.1) is 20.4 Å². The number of benzene rings is 1. The number of nitrogens with zero attached hydrogens (tertiary/aromatic N) is 2. The number of hydrogen-bond donors (Lipinski definition) is 4. The highest BCUT2D eigenvalue weighted by atomic mass is 79.9. The molecule has 0 aliphatic heterocycles. The monoisotopic (exact) mass is 452 g/mol. The maximum Gasteiger partial charge on any atom is 0.322 e. The summed E-state index contributed by atoms with van der Waals surface area (Å²) in [6.45, 7) is 0. The molecule has 0 fully saturated rings. The van der Waals surface area contributed by atoms with Gasteiger partial charge in [-0.1, -0.05) is 23.4 Å². The third kappa shape index (κ3) is 4.17. The Morgan fingerprint density at radius 2 is 1.76 bits per heavy atom. The minimum Gasteiger partial charge on any atom is -0.477 e. The third-order valence-corrected chi connectivity index (χ3v) is 5.56. The second-order valence-electron chi connectivity index (χ2n) is 4.73. The first-order valence-corrected chi connectivity index (χ1v) is 8.60. The molecule has 0 aliphatic carbocycles. The minimum atomic E-state index is -3.55. The molecule has 2 rings (SSSR count). The summed E-state index contributed by atoms with van der Waals surface area (Å²) in [5.74, 6) is -3.64. The molecule has 0 bridgehead atoms. The van der Waals surface area contributed by atoms with Crippen LogP contribution in [0.15, 0.2) is 33.8 Å². The Bertz CT molecular complexity index is 775. The molecule has 1 atom stereocenters. The molecular weight excluding hydrogens is 440 g/mol. The molecule has 1 aromatic carbocycles. The van der Waals surface area contributed by atoms with Gasteiger partial charge in [0.1, 0.15) is 5.69 Å². The number of ether oxygens (including phenoxy) is 2. The van der Waals surface area contributed by atoms with Crippen molar-refractivity contribution in [1.29, 1.82) is 0 Å². The van der Waals surface area contributed by atoms with Gasteiger partial charge in [-0.05, 0) is 34.1 Å². The van der Waals surface area contributed by atoms with Crippen molar-refractivity contribution in [3.63, 3.8) is 0 Å². The molecule has 0 radical (unpaired) electrons. The molecule has 4 N–H and O–H groups in total. The summed E-state index contributed by atoms with van der Waals surface area (Å²) in [7, 11) is 2.63. The van der Waals surface area contributed by atoms with Crippen LogP contribution in [0.25, 0.3) is 0 Å². The molecule has 0 saturated heterocycles. The molecule has 0 aliphatic rings. The summed E-state index contributed by atoms with van der Waals surface area (Å²) in [4.78, 5) is 5.47. The fourth-order valence-corrected chi connectivity index (χ4v) is 3.68. The minimum absolute atomic E-state index is 0.0192. The molecule has 1 heterocycles. The number of hydrogen-bond acceptors (Lipinski definition) is 9. The van der Waals surface area contributed by atoms with E-state index >= 15 is 0 Å². The fraction of sp³-hybridized carbons (Fsp3) is 0.286. The van der Waals surface area contributed by atoms with Crippen LogP contribution in [0.3, 0.4) is 0 Å². The van der Waals surface area contributed by atoms with Crippen LogP contribution in [-0.2, 0) is 4.93 Å². The highest BCUT2D eigenvalue weighted by molar-refractivity contribution is 9.10. The average Bonchev–Trinajstić information content (AvgIpc) is 2.55. The van der Waals surface area contributed by atoms with Crippen molar-refractivity contribution in [2.45, 2.75) is 15.8 Å². The summed E-state index contributed by atoms with van der Waals surface area (Å²) < 4.78 is 10.4. The van der Waals surface area contributed by atoms with Crippen molar-refractivity contribution >= 4 is 39.3 Å². The zero-order chi connectivity index (χ0) is 18.8. The van der Waals surface area contributed by atoms with Crippen LogP contribution < -0.4 is 9.47 Å². The van der Waals surface area contributed by atoms with Crippen molar-refractivity contribution in [2.24, 2.45) is 0 Å². The van der Waals surface area contributed by atoms with E-state index < -0.39 is 10.9 Å². The smallest absolute Gasteiger partial charge is 0.322 e. The van der Waals surface area contributed by atoms with Gasteiger partial charge in [-0.3, -0.25) is 0 Å². The van der Waals surface area contributed by atoms with E-state index in [0.29, 0.717) is 26.2 Å². The van der Waals surface area contributed by atoms with Gasteiger partial charge in [0.2, 0.25) is 4.93 Å². The zero-order valence-electron chi connectivity index (χ0n) is 13.0. The molecule has 0 amide bonds. The first-order chi connectivity index (χ1) is 11.6. The Kier molecular flexibility index (Phi) is 6.15. The number of methoxy groups -OCH3 is 2. The lowest BCUT2D eigenvalue weighted by Gasteiger charge is -2.34. The Morgan fingerprint density at radius 3 is 2.28 bits per heavy atom. The van der Waals surface area contributed by atoms with E-state index in [1.54, 1.807) is 6.07 Å². The Balaban J connectivity index is 2.55. The number of aliphatic hydroxyl groups is 4. The van der Waals surface area contributed by atoms with E-state index in [1.807, 2.05) is 0 Å². The summed E-state index contributed by atoms with van der Waals surface area (Å²) in [5, 5.41) is 40.5. The van der Waals surface area contributed by atoms with Gasteiger partial charge in [0.15, 0.2) is 0 Å². The molecule has 2 aromatic rings. The van der Waals surface area contributed by atoms with Gasteiger partial charge in [-0.25, -0.2) is 9.97 Å². The van der Waals surface area contributed by atoms with Crippen molar-refractivity contribution in [3.8, 4) is 11.8 Å². The number of thioether (sulfide) groups is 1. The van der Waals surface area contributed by atoms with Crippen LogP contribution in [0.2, 0.25) is 5.02 Å². The largest absolute Gasteiger partial charge is 0.477 e. The van der Waals surface area contributed by atoms with Crippen LogP contribution in [0.5, 0.6) is 11.8 Å². The Morgan fingerprint density at radius 1 is 1.12 bits per heavy atom. The predicted molar refractivity (Wildman–Crippen MR) is 93.4 cm³/mol. The summed E-state index contributed by atoms with van der Waals surface area (Å²) in [6.07, 6.45) is 1.02. The SMILES string of the molecule is COc1ncc(C(O)(Sc2ccc(Cl)cc2Br)C(O)(O)O)nc1OC. The van der Waals surface area contributed by atoms with E-state index in [2.05, 4.69) is 25.9 Å². The van der Waals surface area contributed by atoms with Crippen LogP contribution in [-0.4, -0.2) is 50.6 Å². The molecule has 1 aromatic heterocycles. The maximum absolute atomic E-state index is 10.8. The average molecular weight is 454 g/mol. The lowest BCUT2D eigenvalue weighted by atomic mass is 10.2. The van der Waals surface area contributed by atoms with E-state index in [4.69, 9.17) is 21.1 Å². The summed E-state index contributed by atoms with van der Waals surface area (Å²) >= 11 is 9.63. The molecule has 136 valence electrons. The first kappa shape index (κ1) is 20.2. The molecular formula is C14H14BrClN2O6S. The summed E-state index contributed by atoms with van der Waals surface area (Å²) in [6, 6.07) is 4.59. The molecule has 0 spiro atoms. The van der Waals surface area contributed by atoms with Crippen molar-refractivity contribution in [1.82, 2.24) is 9.97 Å². The van der Waals surface area contributed by atoms with Gasteiger partial charge >= 0.3 is 5.97 Å². The number of rotatable bonds is 6. The van der Waals surface area contributed by atoms with Gasteiger partial charge in [0.25, 0.3) is 11.8 Å². The second-order valence-corrected chi connectivity index (χ2v) is 7.26. The lowest BCUT2D eigenvalue weighted by molar-refractivity contribution is -0.370. The van der Waals surface area contributed by atoms with Crippen LogP contribution in [0.4, 0.5) is 0 Å². The van der Waals surface area contributed by atoms with Gasteiger partial charge < -0.3 is 29.9 Å². The van der Waals surface area contributed by atoms with Crippen LogP contribution in [0.1, 0.15) is 5.69 Å². The maximum atomic E-state index is 10.8. The molecule has 8 nitrogen and oxygen atoms in total. The number of halogens is 2. The number of aromatic nitrogens is 2. The van der Waals surface area contributed by atoms with E-state index in [1.165, 1.54) is 26.4 Å². The summed E-state index contributed by atoms with van der Waals surface area (Å²) in [5.41, 5.74) is -0.371. The third-order valence-electron chi connectivity index (χ3n) is 3.05. The molecule has 1 unspecified atom stereocenters. The van der Waals surface area contributed by atoms with Crippen molar-refractivity contribution < 1.29 is 29.9 Å². The normalized spacial score (nSPS) is 14.1. The highest BCUT2D eigenvalue weighted by Crippen LogP contribution is 2.47. The Hall–Kier alpha value is -1.14. The van der Waals surface area contributed by atoms with Gasteiger partial charge in [-0.2, -0.15) is 0 Å². The molecule has 0 saturated carbocycles. The topological polar surface area (TPSA) is 125 Å².